The van der Waals surface area contributed by atoms with Crippen molar-refractivity contribution < 1.29 is 4.92 Å². The van der Waals surface area contributed by atoms with Gasteiger partial charge in [-0.1, -0.05) is 18.2 Å². The van der Waals surface area contributed by atoms with Crippen molar-refractivity contribution in [2.75, 3.05) is 6.54 Å². The highest BCUT2D eigenvalue weighted by Crippen LogP contribution is 2.17. The molecule has 0 atom stereocenters. The van der Waals surface area contributed by atoms with E-state index in [4.69, 9.17) is 5.73 Å². The fourth-order valence-electron chi connectivity index (χ4n) is 1.06. The van der Waals surface area contributed by atoms with E-state index < -0.39 is 0 Å². The Labute approximate surface area is 70.2 Å². The summed E-state index contributed by atoms with van der Waals surface area (Å²) in [7, 11) is 0. The average Bonchev–Trinajstić information content (AvgIpc) is 2.05. The number of hydrogen-bond donors (Lipinski definition) is 1. The van der Waals surface area contributed by atoms with Gasteiger partial charge in [-0.05, 0) is 13.0 Å². The van der Waals surface area contributed by atoms with Crippen LogP contribution in [0, 0.1) is 10.1 Å². The third-order valence-corrected chi connectivity index (χ3v) is 1.60. The minimum atomic E-state index is -0.384. The molecule has 0 radical (unpaired) electrons. The fraction of sp³-hybridized carbons (Fsp3) is 0.250. The van der Waals surface area contributed by atoms with Crippen molar-refractivity contribution in [3.05, 3.63) is 39.9 Å². The summed E-state index contributed by atoms with van der Waals surface area (Å²) in [6, 6.07) is 6.64. The van der Waals surface area contributed by atoms with E-state index in [1.54, 1.807) is 18.2 Å². The molecular formula is C8H10N2O2. The standard InChI is InChI=1S/C8H10N2O2/c9-6-5-7-3-1-2-4-8(7)10(11)12/h1-4H,5-6,9H2. The summed E-state index contributed by atoms with van der Waals surface area (Å²) < 4.78 is 0. The van der Waals surface area contributed by atoms with Crippen LogP contribution in [0.25, 0.3) is 0 Å². The molecule has 0 aliphatic carbocycles. The monoisotopic (exact) mass is 166 g/mol. The highest BCUT2D eigenvalue weighted by Gasteiger charge is 2.10. The molecule has 0 aliphatic heterocycles. The van der Waals surface area contributed by atoms with E-state index in [9.17, 15) is 10.1 Å². The average molecular weight is 166 g/mol. The molecule has 1 aromatic rings. The Hall–Kier alpha value is -1.42. The van der Waals surface area contributed by atoms with Gasteiger partial charge in [0, 0.05) is 11.6 Å². The number of nitro groups is 1. The van der Waals surface area contributed by atoms with E-state index in [1.165, 1.54) is 6.07 Å². The molecule has 12 heavy (non-hydrogen) atoms. The van der Waals surface area contributed by atoms with Gasteiger partial charge in [-0.25, -0.2) is 0 Å². The van der Waals surface area contributed by atoms with Gasteiger partial charge < -0.3 is 5.73 Å². The van der Waals surface area contributed by atoms with Crippen molar-refractivity contribution in [1.29, 1.82) is 0 Å². The first-order valence-electron chi connectivity index (χ1n) is 3.68. The first-order valence-corrected chi connectivity index (χ1v) is 3.68. The lowest BCUT2D eigenvalue weighted by atomic mass is 10.1. The van der Waals surface area contributed by atoms with Gasteiger partial charge in [0.05, 0.1) is 4.92 Å². The summed E-state index contributed by atoms with van der Waals surface area (Å²) in [5, 5.41) is 10.5. The number of nitrogens with two attached hydrogens (primary N) is 1. The summed E-state index contributed by atoms with van der Waals surface area (Å²) in [5.74, 6) is 0. The Balaban J connectivity index is 3.00. The van der Waals surface area contributed by atoms with E-state index in [0.717, 1.165) is 0 Å². The summed E-state index contributed by atoms with van der Waals surface area (Å²) in [6.07, 6.45) is 0.553. The summed E-state index contributed by atoms with van der Waals surface area (Å²) in [5.41, 5.74) is 6.16. The number of hydrogen-bond acceptors (Lipinski definition) is 3. The number of nitro benzene ring substituents is 1. The smallest absolute Gasteiger partial charge is 0.272 e. The van der Waals surface area contributed by atoms with Crippen LogP contribution >= 0.6 is 0 Å². The first kappa shape index (κ1) is 8.67. The summed E-state index contributed by atoms with van der Waals surface area (Å²) >= 11 is 0. The van der Waals surface area contributed by atoms with Crippen LogP contribution in [0.1, 0.15) is 5.56 Å². The molecule has 0 saturated heterocycles. The van der Waals surface area contributed by atoms with Gasteiger partial charge in [-0.15, -0.1) is 0 Å². The molecular weight excluding hydrogens is 156 g/mol. The lowest BCUT2D eigenvalue weighted by Gasteiger charge is -1.98. The third-order valence-electron chi connectivity index (χ3n) is 1.60. The predicted octanol–water partition coefficient (Wildman–Crippen LogP) is 1.10. The van der Waals surface area contributed by atoms with Crippen molar-refractivity contribution in [3.63, 3.8) is 0 Å². The van der Waals surface area contributed by atoms with Gasteiger partial charge in [0.2, 0.25) is 0 Å². The van der Waals surface area contributed by atoms with E-state index in [0.29, 0.717) is 18.5 Å². The van der Waals surface area contributed by atoms with Crippen molar-refractivity contribution in [1.82, 2.24) is 0 Å². The molecule has 1 aromatic carbocycles. The minimum absolute atomic E-state index is 0.156. The molecule has 4 heteroatoms. The number of nitrogens with zero attached hydrogens (tertiary/aromatic N) is 1. The zero-order chi connectivity index (χ0) is 8.97. The van der Waals surface area contributed by atoms with E-state index in [2.05, 4.69) is 0 Å². The van der Waals surface area contributed by atoms with Gasteiger partial charge in [0.25, 0.3) is 5.69 Å². The highest BCUT2D eigenvalue weighted by molar-refractivity contribution is 5.39. The van der Waals surface area contributed by atoms with Crippen molar-refractivity contribution in [2.24, 2.45) is 5.73 Å². The van der Waals surface area contributed by atoms with Crippen LogP contribution in [0.4, 0.5) is 5.69 Å². The maximum Gasteiger partial charge on any atom is 0.272 e. The van der Waals surface area contributed by atoms with E-state index in [1.807, 2.05) is 0 Å². The third kappa shape index (κ3) is 1.79. The van der Waals surface area contributed by atoms with Gasteiger partial charge in [0.15, 0.2) is 0 Å². The Morgan fingerprint density at radius 2 is 2.08 bits per heavy atom. The second kappa shape index (κ2) is 3.82. The van der Waals surface area contributed by atoms with E-state index >= 15 is 0 Å². The lowest BCUT2D eigenvalue weighted by Crippen LogP contribution is -2.04. The normalized spacial score (nSPS) is 9.75. The van der Waals surface area contributed by atoms with E-state index in [-0.39, 0.29) is 10.6 Å². The molecule has 64 valence electrons. The molecule has 0 spiro atoms. The van der Waals surface area contributed by atoms with Crippen molar-refractivity contribution >= 4 is 5.69 Å². The SMILES string of the molecule is NCCc1ccccc1[N+](=O)[O-]. The van der Waals surface area contributed by atoms with Gasteiger partial charge in [-0.2, -0.15) is 0 Å². The second-order valence-electron chi connectivity index (χ2n) is 2.42. The topological polar surface area (TPSA) is 69.2 Å². The zero-order valence-corrected chi connectivity index (χ0v) is 6.56. The number of benzene rings is 1. The largest absolute Gasteiger partial charge is 0.330 e. The molecule has 0 fully saturated rings. The Bertz CT molecular complexity index is 286. The van der Waals surface area contributed by atoms with Gasteiger partial charge in [-0.3, -0.25) is 10.1 Å². The Morgan fingerprint density at radius 3 is 2.67 bits per heavy atom. The lowest BCUT2D eigenvalue weighted by molar-refractivity contribution is -0.385. The first-order chi connectivity index (χ1) is 5.75. The molecule has 0 unspecified atom stereocenters. The molecule has 0 saturated carbocycles. The minimum Gasteiger partial charge on any atom is -0.330 e. The maximum atomic E-state index is 10.5. The quantitative estimate of drug-likeness (QED) is 0.540. The molecule has 4 nitrogen and oxygen atoms in total. The molecule has 0 bridgehead atoms. The maximum absolute atomic E-state index is 10.5. The Morgan fingerprint density at radius 1 is 1.42 bits per heavy atom. The van der Waals surface area contributed by atoms with Crippen LogP contribution in [-0.2, 0) is 6.42 Å². The molecule has 0 heterocycles. The number of rotatable bonds is 3. The van der Waals surface area contributed by atoms with Crippen LogP contribution in [0.5, 0.6) is 0 Å². The van der Waals surface area contributed by atoms with Crippen molar-refractivity contribution in [3.8, 4) is 0 Å². The number of para-hydroxylation sites is 1. The fourth-order valence-corrected chi connectivity index (χ4v) is 1.06. The molecule has 2 N–H and O–H groups in total. The van der Waals surface area contributed by atoms with Gasteiger partial charge in [0.1, 0.15) is 0 Å². The Kier molecular flexibility index (Phi) is 2.76. The highest BCUT2D eigenvalue weighted by atomic mass is 16.6. The second-order valence-corrected chi connectivity index (χ2v) is 2.42. The molecule has 0 amide bonds. The van der Waals surface area contributed by atoms with Crippen molar-refractivity contribution in [2.45, 2.75) is 6.42 Å². The van der Waals surface area contributed by atoms with Crippen LogP contribution < -0.4 is 5.73 Å². The van der Waals surface area contributed by atoms with Crippen LogP contribution in [0.2, 0.25) is 0 Å². The zero-order valence-electron chi connectivity index (χ0n) is 6.56. The van der Waals surface area contributed by atoms with Crippen LogP contribution in [0.15, 0.2) is 24.3 Å². The molecule has 0 aromatic heterocycles. The summed E-state index contributed by atoms with van der Waals surface area (Å²) in [6.45, 7) is 0.435. The van der Waals surface area contributed by atoms with Crippen LogP contribution in [0.3, 0.4) is 0 Å². The van der Waals surface area contributed by atoms with Crippen LogP contribution in [-0.4, -0.2) is 11.5 Å². The molecule has 1 rings (SSSR count). The summed E-state index contributed by atoms with van der Waals surface area (Å²) in [4.78, 5) is 10.1. The van der Waals surface area contributed by atoms with Gasteiger partial charge >= 0.3 is 0 Å². The molecule has 0 aliphatic rings. The predicted molar refractivity (Wildman–Crippen MR) is 45.9 cm³/mol.